The van der Waals surface area contributed by atoms with Crippen molar-refractivity contribution in [2.75, 3.05) is 26.8 Å². The van der Waals surface area contributed by atoms with Crippen molar-refractivity contribution in [2.24, 2.45) is 11.8 Å². The maximum absolute atomic E-state index is 11.6. The number of carbonyl (C=O) groups is 1. The van der Waals surface area contributed by atoms with Crippen molar-refractivity contribution in [3.63, 3.8) is 0 Å². The van der Waals surface area contributed by atoms with Gasteiger partial charge in [0.05, 0.1) is 19.1 Å². The van der Waals surface area contributed by atoms with E-state index in [0.29, 0.717) is 31.5 Å². The molecule has 1 saturated heterocycles. The van der Waals surface area contributed by atoms with E-state index in [1.54, 1.807) is 0 Å². The van der Waals surface area contributed by atoms with Gasteiger partial charge in [0, 0.05) is 19.0 Å². The molecule has 3 heteroatoms. The molecular formula is C12H21NO2. The van der Waals surface area contributed by atoms with Crippen LogP contribution < -0.4 is 0 Å². The fourth-order valence-corrected chi connectivity index (χ4v) is 2.30. The Hall–Kier alpha value is -0.410. The van der Waals surface area contributed by atoms with Crippen molar-refractivity contribution < 1.29 is 9.53 Å². The monoisotopic (exact) mass is 211 g/mol. The summed E-state index contributed by atoms with van der Waals surface area (Å²) in [5, 5.41) is 0. The molecule has 0 radical (unpaired) electrons. The first-order valence-electron chi connectivity index (χ1n) is 5.99. The molecule has 2 fully saturated rings. The van der Waals surface area contributed by atoms with Crippen molar-refractivity contribution in [3.8, 4) is 0 Å². The molecule has 0 bridgehead atoms. The summed E-state index contributed by atoms with van der Waals surface area (Å²) in [5.41, 5.74) is 0. The smallest absolute Gasteiger partial charge is 0.141 e. The topological polar surface area (TPSA) is 29.5 Å². The van der Waals surface area contributed by atoms with Gasteiger partial charge in [-0.2, -0.15) is 0 Å². The second-order valence-corrected chi connectivity index (χ2v) is 5.01. The standard InChI is InChI=1S/C12H21NO2/c1-9(10-3-4-10)13(2)7-11-8-15-6-5-12(11)14/h9-11H,3-8H2,1-2H3. The van der Waals surface area contributed by atoms with Gasteiger partial charge in [0.25, 0.3) is 0 Å². The molecule has 1 aliphatic carbocycles. The van der Waals surface area contributed by atoms with Crippen molar-refractivity contribution in [1.29, 1.82) is 0 Å². The lowest BCUT2D eigenvalue weighted by atomic mass is 9.99. The molecule has 1 saturated carbocycles. The van der Waals surface area contributed by atoms with E-state index in [2.05, 4.69) is 18.9 Å². The molecule has 2 atom stereocenters. The van der Waals surface area contributed by atoms with Gasteiger partial charge in [-0.05, 0) is 32.7 Å². The minimum absolute atomic E-state index is 0.116. The van der Waals surface area contributed by atoms with Crippen LogP contribution in [0.4, 0.5) is 0 Å². The zero-order valence-electron chi connectivity index (χ0n) is 9.74. The highest BCUT2D eigenvalue weighted by Crippen LogP contribution is 2.34. The van der Waals surface area contributed by atoms with Crippen LogP contribution in [0.1, 0.15) is 26.2 Å². The van der Waals surface area contributed by atoms with Gasteiger partial charge in [-0.1, -0.05) is 0 Å². The molecule has 0 aromatic rings. The van der Waals surface area contributed by atoms with E-state index in [4.69, 9.17) is 4.74 Å². The van der Waals surface area contributed by atoms with Crippen LogP contribution in [-0.2, 0) is 9.53 Å². The molecule has 3 nitrogen and oxygen atoms in total. The van der Waals surface area contributed by atoms with Crippen molar-refractivity contribution in [3.05, 3.63) is 0 Å². The Morgan fingerprint density at radius 3 is 2.87 bits per heavy atom. The lowest BCUT2D eigenvalue weighted by Crippen LogP contribution is -2.41. The number of ketones is 1. The van der Waals surface area contributed by atoms with Crippen LogP contribution in [0.25, 0.3) is 0 Å². The molecule has 0 spiro atoms. The minimum Gasteiger partial charge on any atom is -0.380 e. The van der Waals surface area contributed by atoms with Crippen LogP contribution in [0.5, 0.6) is 0 Å². The van der Waals surface area contributed by atoms with Gasteiger partial charge in [-0.15, -0.1) is 0 Å². The molecular weight excluding hydrogens is 190 g/mol. The first-order chi connectivity index (χ1) is 7.18. The van der Waals surface area contributed by atoms with Crippen molar-refractivity contribution in [2.45, 2.75) is 32.2 Å². The molecule has 1 heterocycles. The van der Waals surface area contributed by atoms with Crippen molar-refractivity contribution >= 4 is 5.78 Å². The Kier molecular flexibility index (Phi) is 3.42. The molecule has 2 unspecified atom stereocenters. The largest absolute Gasteiger partial charge is 0.380 e. The van der Waals surface area contributed by atoms with E-state index in [9.17, 15) is 4.79 Å². The third kappa shape index (κ3) is 2.79. The minimum atomic E-state index is 0.116. The molecule has 2 aliphatic rings. The summed E-state index contributed by atoms with van der Waals surface area (Å²) in [6.07, 6.45) is 3.33. The maximum Gasteiger partial charge on any atom is 0.141 e. The molecule has 0 amide bonds. The second-order valence-electron chi connectivity index (χ2n) is 5.01. The summed E-state index contributed by atoms with van der Waals surface area (Å²) >= 11 is 0. The highest BCUT2D eigenvalue weighted by atomic mass is 16.5. The van der Waals surface area contributed by atoms with Crippen molar-refractivity contribution in [1.82, 2.24) is 4.90 Å². The Bertz CT molecular complexity index is 238. The van der Waals surface area contributed by atoms with Crippen LogP contribution in [-0.4, -0.2) is 43.5 Å². The highest BCUT2D eigenvalue weighted by molar-refractivity contribution is 5.82. The van der Waals surface area contributed by atoms with E-state index in [0.717, 1.165) is 12.5 Å². The Morgan fingerprint density at radius 2 is 2.27 bits per heavy atom. The van der Waals surface area contributed by atoms with Crippen LogP contribution in [0.2, 0.25) is 0 Å². The third-order valence-electron chi connectivity index (χ3n) is 3.78. The predicted molar refractivity (Wildman–Crippen MR) is 58.7 cm³/mol. The number of ether oxygens (including phenoxy) is 1. The molecule has 1 aliphatic heterocycles. The Balaban J connectivity index is 1.81. The van der Waals surface area contributed by atoms with Crippen LogP contribution in [0.3, 0.4) is 0 Å². The van der Waals surface area contributed by atoms with Gasteiger partial charge < -0.3 is 9.64 Å². The highest BCUT2D eigenvalue weighted by Gasteiger charge is 2.32. The van der Waals surface area contributed by atoms with Gasteiger partial charge in [0.15, 0.2) is 0 Å². The fraction of sp³-hybridized carbons (Fsp3) is 0.917. The Morgan fingerprint density at radius 1 is 1.53 bits per heavy atom. The molecule has 86 valence electrons. The zero-order valence-corrected chi connectivity index (χ0v) is 9.74. The van der Waals surface area contributed by atoms with Gasteiger partial charge in [0.2, 0.25) is 0 Å². The molecule has 15 heavy (non-hydrogen) atoms. The van der Waals surface area contributed by atoms with Gasteiger partial charge in [0.1, 0.15) is 5.78 Å². The van der Waals surface area contributed by atoms with E-state index in [1.807, 2.05) is 0 Å². The SMILES string of the molecule is CC(C1CC1)N(C)CC1COCCC1=O. The lowest BCUT2D eigenvalue weighted by molar-refractivity contribution is -0.131. The summed E-state index contributed by atoms with van der Waals surface area (Å²) in [6.45, 7) is 4.39. The summed E-state index contributed by atoms with van der Waals surface area (Å²) in [7, 11) is 2.13. The summed E-state index contributed by atoms with van der Waals surface area (Å²) in [6, 6.07) is 0.625. The fourth-order valence-electron chi connectivity index (χ4n) is 2.30. The molecule has 0 aromatic heterocycles. The lowest BCUT2D eigenvalue weighted by Gasteiger charge is -2.30. The third-order valence-corrected chi connectivity index (χ3v) is 3.78. The van der Waals surface area contributed by atoms with Gasteiger partial charge in [-0.25, -0.2) is 0 Å². The maximum atomic E-state index is 11.6. The first-order valence-corrected chi connectivity index (χ1v) is 5.99. The second kappa shape index (κ2) is 4.62. The first kappa shape index (κ1) is 11.1. The van der Waals surface area contributed by atoms with Crippen LogP contribution in [0, 0.1) is 11.8 Å². The predicted octanol–water partition coefficient (Wildman–Crippen LogP) is 1.32. The number of hydrogen-bond donors (Lipinski definition) is 0. The zero-order chi connectivity index (χ0) is 10.8. The normalized spacial score (nSPS) is 29.5. The number of rotatable bonds is 4. The number of nitrogens with zero attached hydrogens (tertiary/aromatic N) is 1. The molecule has 0 aromatic carbocycles. The van der Waals surface area contributed by atoms with E-state index < -0.39 is 0 Å². The van der Waals surface area contributed by atoms with E-state index in [1.165, 1.54) is 12.8 Å². The average Bonchev–Trinajstić information content (AvgIpc) is 3.04. The van der Waals surface area contributed by atoms with Crippen LogP contribution >= 0.6 is 0 Å². The summed E-state index contributed by atoms with van der Waals surface area (Å²) < 4.78 is 5.36. The van der Waals surface area contributed by atoms with E-state index >= 15 is 0 Å². The Labute approximate surface area is 91.8 Å². The quantitative estimate of drug-likeness (QED) is 0.702. The average molecular weight is 211 g/mol. The van der Waals surface area contributed by atoms with E-state index in [-0.39, 0.29) is 5.92 Å². The van der Waals surface area contributed by atoms with Gasteiger partial charge in [-0.3, -0.25) is 4.79 Å². The van der Waals surface area contributed by atoms with Gasteiger partial charge >= 0.3 is 0 Å². The summed E-state index contributed by atoms with van der Waals surface area (Å²) in [4.78, 5) is 14.0. The number of Topliss-reactive ketones (excluding diaryl/α,β-unsaturated/α-hetero) is 1. The van der Waals surface area contributed by atoms with Crippen LogP contribution in [0.15, 0.2) is 0 Å². The molecule has 2 rings (SSSR count). The summed E-state index contributed by atoms with van der Waals surface area (Å²) in [5.74, 6) is 1.37. The number of hydrogen-bond acceptors (Lipinski definition) is 3. The number of carbonyl (C=O) groups excluding carboxylic acids is 1. The molecule has 0 N–H and O–H groups in total.